The Hall–Kier alpha value is -4.55. The first-order valence-electron chi connectivity index (χ1n) is 14.3. The summed E-state index contributed by atoms with van der Waals surface area (Å²) in [6.45, 7) is 5.97. The van der Waals surface area contributed by atoms with Crippen molar-refractivity contribution in [2.24, 2.45) is 0 Å². The van der Waals surface area contributed by atoms with Crippen LogP contribution in [0.3, 0.4) is 0 Å². The molecule has 1 unspecified atom stereocenters. The minimum absolute atomic E-state index is 0.0620. The van der Waals surface area contributed by atoms with Gasteiger partial charge in [-0.25, -0.2) is 20.1 Å². The van der Waals surface area contributed by atoms with E-state index >= 15 is 0 Å². The number of carbonyl (C=O) groups is 3. The van der Waals surface area contributed by atoms with E-state index in [0.29, 0.717) is 48.5 Å². The van der Waals surface area contributed by atoms with E-state index in [0.717, 1.165) is 29.4 Å². The van der Waals surface area contributed by atoms with Crippen LogP contribution in [0, 0.1) is 0 Å². The highest BCUT2D eigenvalue weighted by Gasteiger charge is 2.45. The Bertz CT molecular complexity index is 1680. The number of aromatic nitrogens is 2. The van der Waals surface area contributed by atoms with Crippen LogP contribution < -0.4 is 21.1 Å². The van der Waals surface area contributed by atoms with Crippen molar-refractivity contribution < 1.29 is 34.2 Å². The molecule has 1 atom stereocenters. The van der Waals surface area contributed by atoms with E-state index in [1.165, 1.54) is 0 Å². The number of unbranched alkanes of at least 4 members (excludes halogenated alkanes) is 3. The van der Waals surface area contributed by atoms with Crippen LogP contribution in [0.2, 0.25) is 0 Å². The first kappa shape index (κ1) is 29.9. The average molecular weight is 591 g/mol. The number of carbonyl (C=O) groups excluding carboxylic acids is 3. The Kier molecular flexibility index (Phi) is 8.60. The summed E-state index contributed by atoms with van der Waals surface area (Å²) in [6.07, 6.45) is 4.79. The fourth-order valence-corrected chi connectivity index (χ4v) is 5.69. The molecule has 2 aromatic heterocycles. The highest BCUT2D eigenvalue weighted by atomic mass is 16.6. The molecular formula is C31H34N4O8. The number of hydroxylamine groups is 1. The molecule has 4 heterocycles. The smallest absolute Gasteiger partial charge is 0.412 e. The van der Waals surface area contributed by atoms with E-state index in [1.807, 2.05) is 6.07 Å². The van der Waals surface area contributed by atoms with Crippen molar-refractivity contribution in [3.8, 4) is 17.1 Å². The number of pyridine rings is 2. The van der Waals surface area contributed by atoms with Crippen LogP contribution in [0.4, 0.5) is 4.79 Å². The van der Waals surface area contributed by atoms with Gasteiger partial charge in [-0.05, 0) is 49.9 Å². The lowest BCUT2D eigenvalue weighted by Crippen LogP contribution is -2.44. The standard InChI is InChI=1S/C31H34N4O8/c1-3-9-19-20-14-18-16-35-24(15-22-21(28(35)37)17-42-29(38)31(22,40)4-2)27(18)33-23(20)11-12-25(19)43-30(39)32-13-8-6-5-7-10-26(36)34-41/h3,11-12,14-15,40-41H,1,4-10,13,16-17H2,2H3,(H,32,39)(H,34,36). The summed E-state index contributed by atoms with van der Waals surface area (Å²) in [5.74, 6) is -0.817. The molecule has 4 N–H and O–H groups in total. The molecule has 1 aromatic carbocycles. The monoisotopic (exact) mass is 590 g/mol. The molecule has 2 aliphatic heterocycles. The fourth-order valence-electron chi connectivity index (χ4n) is 5.69. The number of nitrogens with zero attached hydrogens (tertiary/aromatic N) is 2. The van der Waals surface area contributed by atoms with E-state index < -0.39 is 23.6 Å². The third-order valence-electron chi connectivity index (χ3n) is 8.04. The van der Waals surface area contributed by atoms with Gasteiger partial charge in [0.25, 0.3) is 5.56 Å². The molecule has 2 aliphatic rings. The summed E-state index contributed by atoms with van der Waals surface area (Å²) in [5.41, 5.74) is 3.12. The topological polar surface area (TPSA) is 169 Å². The number of nitrogens with one attached hydrogen (secondary N) is 2. The van der Waals surface area contributed by atoms with Gasteiger partial charge in [0.05, 0.1) is 29.0 Å². The minimum Gasteiger partial charge on any atom is -0.458 e. The minimum atomic E-state index is -1.90. The average Bonchev–Trinajstić information content (AvgIpc) is 3.36. The van der Waals surface area contributed by atoms with Gasteiger partial charge in [-0.3, -0.25) is 14.8 Å². The van der Waals surface area contributed by atoms with Crippen LogP contribution in [0.5, 0.6) is 5.75 Å². The lowest BCUT2D eigenvalue weighted by atomic mass is 9.86. The molecule has 3 aromatic rings. The Morgan fingerprint density at radius 1 is 1.21 bits per heavy atom. The second-order valence-corrected chi connectivity index (χ2v) is 10.7. The van der Waals surface area contributed by atoms with Crippen LogP contribution in [0.15, 0.2) is 41.7 Å². The maximum atomic E-state index is 13.5. The molecule has 2 amide bonds. The van der Waals surface area contributed by atoms with Crippen molar-refractivity contribution in [1.29, 1.82) is 0 Å². The Labute approximate surface area is 247 Å². The predicted molar refractivity (Wildman–Crippen MR) is 155 cm³/mol. The molecule has 0 radical (unpaired) electrons. The van der Waals surface area contributed by atoms with Gasteiger partial charge in [0.1, 0.15) is 12.4 Å². The maximum absolute atomic E-state index is 13.5. The lowest BCUT2D eigenvalue weighted by molar-refractivity contribution is -0.172. The van der Waals surface area contributed by atoms with Crippen molar-refractivity contribution in [2.45, 2.75) is 70.6 Å². The molecule has 0 bridgehead atoms. The first-order valence-corrected chi connectivity index (χ1v) is 14.3. The number of hydrogen-bond donors (Lipinski definition) is 4. The molecule has 0 saturated carbocycles. The quantitative estimate of drug-likeness (QED) is 0.0673. The van der Waals surface area contributed by atoms with E-state index in [9.17, 15) is 24.3 Å². The molecule has 0 fully saturated rings. The van der Waals surface area contributed by atoms with Crippen LogP contribution in [-0.2, 0) is 39.5 Å². The zero-order valence-electron chi connectivity index (χ0n) is 23.9. The summed E-state index contributed by atoms with van der Waals surface area (Å²) >= 11 is 0. The summed E-state index contributed by atoms with van der Waals surface area (Å²) < 4.78 is 12.4. The van der Waals surface area contributed by atoms with Gasteiger partial charge in [0, 0.05) is 35.0 Å². The molecule has 43 heavy (non-hydrogen) atoms. The summed E-state index contributed by atoms with van der Waals surface area (Å²) in [4.78, 5) is 54.4. The van der Waals surface area contributed by atoms with E-state index in [1.54, 1.807) is 41.2 Å². The molecule has 12 heteroatoms. The molecule has 5 rings (SSSR count). The molecule has 12 nitrogen and oxygen atoms in total. The van der Waals surface area contributed by atoms with E-state index in [2.05, 4.69) is 11.9 Å². The van der Waals surface area contributed by atoms with Crippen molar-refractivity contribution in [1.82, 2.24) is 20.3 Å². The second kappa shape index (κ2) is 12.4. The number of allylic oxidation sites excluding steroid dienone is 1. The molecule has 0 saturated heterocycles. The maximum Gasteiger partial charge on any atom is 0.412 e. The number of aliphatic hydroxyl groups is 1. The third kappa shape index (κ3) is 5.63. The van der Waals surface area contributed by atoms with Crippen LogP contribution >= 0.6 is 0 Å². The number of hydrogen-bond acceptors (Lipinski definition) is 9. The van der Waals surface area contributed by atoms with E-state index in [4.69, 9.17) is 19.7 Å². The SMILES string of the molecule is C=CCc1c(OC(=O)NCCCCCCC(=O)NO)ccc2nc3c(cc12)Cn1c-3cc2c(c1=O)COC(=O)C2(O)CC. The zero-order chi connectivity index (χ0) is 30.7. The lowest BCUT2D eigenvalue weighted by Gasteiger charge is -2.31. The van der Waals surface area contributed by atoms with Crippen LogP contribution in [0.25, 0.3) is 22.3 Å². The van der Waals surface area contributed by atoms with Gasteiger partial charge in [-0.1, -0.05) is 25.8 Å². The number of amides is 2. The number of cyclic esters (lactones) is 1. The fraction of sp³-hybridized carbons (Fsp3) is 0.387. The van der Waals surface area contributed by atoms with Crippen molar-refractivity contribution in [3.63, 3.8) is 0 Å². The van der Waals surface area contributed by atoms with Gasteiger partial charge in [-0.2, -0.15) is 0 Å². The van der Waals surface area contributed by atoms with Gasteiger partial charge in [0.15, 0.2) is 5.60 Å². The summed E-state index contributed by atoms with van der Waals surface area (Å²) in [6, 6.07) is 7.01. The van der Waals surface area contributed by atoms with Crippen molar-refractivity contribution >= 4 is 28.9 Å². The highest BCUT2D eigenvalue weighted by molar-refractivity contribution is 5.90. The number of ether oxygens (including phenoxy) is 2. The summed E-state index contributed by atoms with van der Waals surface area (Å²) in [7, 11) is 0. The van der Waals surface area contributed by atoms with Gasteiger partial charge in [-0.15, -0.1) is 6.58 Å². The highest BCUT2D eigenvalue weighted by Crippen LogP contribution is 2.39. The molecule has 226 valence electrons. The van der Waals surface area contributed by atoms with Crippen LogP contribution in [0.1, 0.15) is 67.7 Å². The van der Waals surface area contributed by atoms with Gasteiger partial charge < -0.3 is 24.5 Å². The number of esters is 1. The van der Waals surface area contributed by atoms with Crippen LogP contribution in [-0.4, -0.2) is 44.4 Å². The number of fused-ring (bicyclic) bond motifs is 5. The molecular weight excluding hydrogens is 556 g/mol. The third-order valence-corrected chi connectivity index (χ3v) is 8.04. The Morgan fingerprint density at radius 3 is 2.74 bits per heavy atom. The normalized spacial score (nSPS) is 16.6. The molecule has 0 aliphatic carbocycles. The van der Waals surface area contributed by atoms with Crippen molar-refractivity contribution in [2.75, 3.05) is 6.54 Å². The Morgan fingerprint density at radius 2 is 2.00 bits per heavy atom. The first-order chi connectivity index (χ1) is 20.7. The summed E-state index contributed by atoms with van der Waals surface area (Å²) in [5, 5.41) is 23.1. The predicted octanol–water partition coefficient (Wildman–Crippen LogP) is 3.35. The van der Waals surface area contributed by atoms with Crippen molar-refractivity contribution in [3.05, 3.63) is 69.5 Å². The van der Waals surface area contributed by atoms with E-state index in [-0.39, 0.29) is 42.7 Å². The Balaban J connectivity index is 1.37. The zero-order valence-corrected chi connectivity index (χ0v) is 23.9. The largest absolute Gasteiger partial charge is 0.458 e. The number of rotatable bonds is 11. The van der Waals surface area contributed by atoms with Gasteiger partial charge in [0.2, 0.25) is 5.91 Å². The number of benzene rings is 1. The van der Waals surface area contributed by atoms with Gasteiger partial charge >= 0.3 is 12.1 Å². The molecule has 0 spiro atoms. The second-order valence-electron chi connectivity index (χ2n) is 10.7.